The first-order chi connectivity index (χ1) is 15.6. The summed E-state index contributed by atoms with van der Waals surface area (Å²) in [4.78, 5) is 27.9. The zero-order chi connectivity index (χ0) is 22.1. The molecular weight excluding hydrogens is 422 g/mol. The minimum atomic E-state index is 0.0738. The Kier molecular flexibility index (Phi) is 5.71. The minimum Gasteiger partial charge on any atom is -0.336 e. The number of para-hydroxylation sites is 1. The molecule has 1 fully saturated rings. The van der Waals surface area contributed by atoms with Gasteiger partial charge in [-0.3, -0.25) is 14.7 Å². The second-order valence-corrected chi connectivity index (χ2v) is 9.28. The lowest BCUT2D eigenvalue weighted by Crippen LogP contribution is -2.48. The van der Waals surface area contributed by atoms with Gasteiger partial charge in [-0.15, -0.1) is 11.3 Å². The Balaban J connectivity index is 1.27. The van der Waals surface area contributed by atoms with Crippen molar-refractivity contribution >= 4 is 28.1 Å². The largest absolute Gasteiger partial charge is 0.336 e. The van der Waals surface area contributed by atoms with Gasteiger partial charge in [0.2, 0.25) is 0 Å². The quantitative estimate of drug-likeness (QED) is 0.451. The van der Waals surface area contributed by atoms with E-state index in [0.29, 0.717) is 31.3 Å². The van der Waals surface area contributed by atoms with Crippen LogP contribution in [0.1, 0.15) is 41.6 Å². The van der Waals surface area contributed by atoms with Crippen LogP contribution in [-0.4, -0.2) is 57.0 Å². The van der Waals surface area contributed by atoms with Crippen molar-refractivity contribution in [2.75, 3.05) is 26.2 Å². The van der Waals surface area contributed by atoms with E-state index in [1.807, 2.05) is 52.7 Å². The van der Waals surface area contributed by atoms with Crippen LogP contribution in [0.2, 0.25) is 0 Å². The van der Waals surface area contributed by atoms with Crippen molar-refractivity contribution in [2.45, 2.75) is 26.3 Å². The first kappa shape index (κ1) is 20.8. The van der Waals surface area contributed by atoms with Crippen LogP contribution < -0.4 is 0 Å². The molecule has 1 saturated heterocycles. The third-order valence-electron chi connectivity index (χ3n) is 5.78. The van der Waals surface area contributed by atoms with Gasteiger partial charge < -0.3 is 9.42 Å². The lowest BCUT2D eigenvalue weighted by Gasteiger charge is -2.34. The zero-order valence-electron chi connectivity index (χ0n) is 18.2. The summed E-state index contributed by atoms with van der Waals surface area (Å²) in [7, 11) is 0. The molecule has 1 aliphatic rings. The van der Waals surface area contributed by atoms with Crippen LogP contribution in [0.15, 0.2) is 52.4 Å². The number of benzene rings is 1. The van der Waals surface area contributed by atoms with Gasteiger partial charge in [-0.25, -0.2) is 0 Å². The Morgan fingerprint density at radius 2 is 1.91 bits per heavy atom. The molecule has 0 radical (unpaired) electrons. The molecular formula is C24H25N5O2S. The van der Waals surface area contributed by atoms with E-state index in [1.54, 1.807) is 11.3 Å². The molecule has 3 aromatic heterocycles. The maximum Gasteiger partial charge on any atom is 0.268 e. The molecule has 1 amide bonds. The summed E-state index contributed by atoms with van der Waals surface area (Å²) < 4.78 is 5.39. The number of pyridine rings is 1. The standard InChI is InChI=1S/C24H25N5O2S/c1-16(2)20-14-18(17-6-3-4-7-19(17)25-20)24(30)29-11-9-28(10-12-29)15-22-26-23(31-27-22)21-8-5-13-32-21/h3-8,13-14,16H,9-12,15H2,1-2H3. The van der Waals surface area contributed by atoms with Gasteiger partial charge in [0.25, 0.3) is 11.8 Å². The molecule has 1 aromatic carbocycles. The van der Waals surface area contributed by atoms with Gasteiger partial charge in [-0.2, -0.15) is 4.98 Å². The first-order valence-electron chi connectivity index (χ1n) is 10.9. The topological polar surface area (TPSA) is 75.4 Å². The smallest absolute Gasteiger partial charge is 0.268 e. The predicted octanol–water partition coefficient (Wildman–Crippen LogP) is 4.43. The number of hydrogen-bond acceptors (Lipinski definition) is 7. The molecule has 7 nitrogen and oxygen atoms in total. The van der Waals surface area contributed by atoms with Crippen LogP contribution in [0.5, 0.6) is 0 Å². The van der Waals surface area contributed by atoms with E-state index >= 15 is 0 Å². The molecule has 4 aromatic rings. The molecule has 164 valence electrons. The van der Waals surface area contributed by atoms with Crippen molar-refractivity contribution in [1.29, 1.82) is 0 Å². The second kappa shape index (κ2) is 8.80. The normalized spacial score (nSPS) is 15.0. The fraction of sp³-hybridized carbons (Fsp3) is 0.333. The number of aromatic nitrogens is 3. The number of rotatable bonds is 5. The lowest BCUT2D eigenvalue weighted by atomic mass is 10.0. The summed E-state index contributed by atoms with van der Waals surface area (Å²) in [5, 5.41) is 7.03. The number of carbonyl (C=O) groups is 1. The van der Waals surface area contributed by atoms with Crippen LogP contribution in [-0.2, 0) is 6.54 Å². The number of thiophene rings is 1. The Morgan fingerprint density at radius 1 is 1.09 bits per heavy atom. The fourth-order valence-corrected chi connectivity index (χ4v) is 4.61. The van der Waals surface area contributed by atoms with Crippen molar-refractivity contribution in [3.8, 4) is 10.8 Å². The first-order valence-corrected chi connectivity index (χ1v) is 11.7. The number of piperazine rings is 1. The number of fused-ring (bicyclic) bond motifs is 1. The third kappa shape index (κ3) is 4.16. The van der Waals surface area contributed by atoms with Crippen LogP contribution in [0.4, 0.5) is 0 Å². The van der Waals surface area contributed by atoms with E-state index in [9.17, 15) is 4.79 Å². The Hall–Kier alpha value is -3.10. The van der Waals surface area contributed by atoms with Crippen molar-refractivity contribution < 1.29 is 9.32 Å². The highest BCUT2D eigenvalue weighted by atomic mass is 32.1. The molecule has 0 spiro atoms. The highest BCUT2D eigenvalue weighted by molar-refractivity contribution is 7.13. The van der Waals surface area contributed by atoms with Gasteiger partial charge >= 0.3 is 0 Å². The monoisotopic (exact) mass is 447 g/mol. The van der Waals surface area contributed by atoms with Crippen LogP contribution in [0, 0.1) is 0 Å². The molecule has 0 N–H and O–H groups in total. The van der Waals surface area contributed by atoms with Gasteiger partial charge in [0.05, 0.1) is 22.5 Å². The van der Waals surface area contributed by atoms with E-state index in [-0.39, 0.29) is 11.8 Å². The molecule has 8 heteroatoms. The van der Waals surface area contributed by atoms with Gasteiger partial charge in [0, 0.05) is 37.3 Å². The molecule has 0 aliphatic carbocycles. The van der Waals surface area contributed by atoms with Crippen molar-refractivity contribution in [1.82, 2.24) is 24.9 Å². The third-order valence-corrected chi connectivity index (χ3v) is 6.64. The molecule has 4 heterocycles. The van der Waals surface area contributed by atoms with E-state index < -0.39 is 0 Å². The van der Waals surface area contributed by atoms with Gasteiger partial charge in [-0.1, -0.05) is 43.3 Å². The van der Waals surface area contributed by atoms with Crippen LogP contribution in [0.3, 0.4) is 0 Å². The predicted molar refractivity (Wildman–Crippen MR) is 125 cm³/mol. The van der Waals surface area contributed by atoms with Crippen molar-refractivity contribution in [3.63, 3.8) is 0 Å². The number of nitrogens with zero attached hydrogens (tertiary/aromatic N) is 5. The van der Waals surface area contributed by atoms with Crippen LogP contribution >= 0.6 is 11.3 Å². The van der Waals surface area contributed by atoms with Gasteiger partial charge in [0.15, 0.2) is 5.82 Å². The van der Waals surface area contributed by atoms with E-state index in [1.165, 1.54) is 0 Å². The highest BCUT2D eigenvalue weighted by Gasteiger charge is 2.25. The molecule has 32 heavy (non-hydrogen) atoms. The molecule has 0 saturated carbocycles. The Labute approximate surface area is 190 Å². The van der Waals surface area contributed by atoms with Gasteiger partial charge in [0.1, 0.15) is 0 Å². The summed E-state index contributed by atoms with van der Waals surface area (Å²) in [5.74, 6) is 1.57. The maximum atomic E-state index is 13.4. The number of carbonyl (C=O) groups excluding carboxylic acids is 1. The van der Waals surface area contributed by atoms with E-state index in [2.05, 4.69) is 28.9 Å². The molecule has 1 aliphatic heterocycles. The Bertz CT molecular complexity index is 1230. The van der Waals surface area contributed by atoms with E-state index in [4.69, 9.17) is 9.51 Å². The summed E-state index contributed by atoms with van der Waals surface area (Å²) in [6.45, 7) is 7.71. The zero-order valence-corrected chi connectivity index (χ0v) is 19.0. The molecule has 0 atom stereocenters. The molecule has 0 unspecified atom stereocenters. The van der Waals surface area contributed by atoms with Gasteiger partial charge in [-0.05, 0) is 29.5 Å². The molecule has 0 bridgehead atoms. The minimum absolute atomic E-state index is 0.0738. The summed E-state index contributed by atoms with van der Waals surface area (Å²) in [5.41, 5.74) is 2.56. The fourth-order valence-electron chi connectivity index (χ4n) is 3.97. The average molecular weight is 448 g/mol. The number of amides is 1. The lowest BCUT2D eigenvalue weighted by molar-refractivity contribution is 0.0626. The highest BCUT2D eigenvalue weighted by Crippen LogP contribution is 2.25. The van der Waals surface area contributed by atoms with E-state index in [0.717, 1.165) is 40.1 Å². The summed E-state index contributed by atoms with van der Waals surface area (Å²) in [6, 6.07) is 13.8. The SMILES string of the molecule is CC(C)c1cc(C(=O)N2CCN(Cc3noc(-c4cccs4)n3)CC2)c2ccccc2n1. The number of hydrogen-bond donors (Lipinski definition) is 0. The van der Waals surface area contributed by atoms with Crippen molar-refractivity contribution in [2.24, 2.45) is 0 Å². The molecule has 5 rings (SSSR count). The maximum absolute atomic E-state index is 13.4. The Morgan fingerprint density at radius 3 is 2.66 bits per heavy atom. The summed E-state index contributed by atoms with van der Waals surface area (Å²) in [6.07, 6.45) is 0. The summed E-state index contributed by atoms with van der Waals surface area (Å²) >= 11 is 1.58. The van der Waals surface area contributed by atoms with Crippen molar-refractivity contribution in [3.05, 3.63) is 64.9 Å². The van der Waals surface area contributed by atoms with Crippen LogP contribution in [0.25, 0.3) is 21.7 Å². The average Bonchev–Trinajstić information content (AvgIpc) is 3.50. The second-order valence-electron chi connectivity index (χ2n) is 8.33.